The Bertz CT molecular complexity index is 474. The molecule has 1 aliphatic heterocycles. The average Bonchev–Trinajstić information content (AvgIpc) is 2.32. The summed E-state index contributed by atoms with van der Waals surface area (Å²) in [6.07, 6.45) is 1.01. The Balaban J connectivity index is 2.24. The van der Waals surface area contributed by atoms with Gasteiger partial charge < -0.3 is 4.90 Å². The summed E-state index contributed by atoms with van der Waals surface area (Å²) in [6, 6.07) is 3.45. The van der Waals surface area contributed by atoms with Gasteiger partial charge in [0.05, 0.1) is 12.1 Å². The monoisotopic (exact) mass is 239 g/mol. The van der Waals surface area contributed by atoms with E-state index in [1.54, 1.807) is 0 Å². The molecule has 0 aromatic heterocycles. The second kappa shape index (κ2) is 4.61. The molecule has 0 spiro atoms. The summed E-state index contributed by atoms with van der Waals surface area (Å²) >= 11 is 0. The van der Waals surface area contributed by atoms with Gasteiger partial charge in [0.1, 0.15) is 0 Å². The van der Waals surface area contributed by atoms with Crippen molar-refractivity contribution in [1.29, 1.82) is 0 Å². The van der Waals surface area contributed by atoms with Gasteiger partial charge in [-0.3, -0.25) is 9.59 Å². The molecule has 1 saturated heterocycles. The maximum absolute atomic E-state index is 13.4. The third-order valence-electron chi connectivity index (χ3n) is 2.72. The first-order valence-corrected chi connectivity index (χ1v) is 5.34. The van der Waals surface area contributed by atoms with Crippen LogP contribution in [0, 0.1) is 11.6 Å². The Hall–Kier alpha value is -1.78. The van der Waals surface area contributed by atoms with Crippen LogP contribution in [0.1, 0.15) is 23.2 Å². The molecule has 2 rings (SSSR count). The molecule has 0 atom stereocenters. The first-order chi connectivity index (χ1) is 8.09. The largest absolute Gasteiger partial charge is 0.331 e. The lowest BCUT2D eigenvalue weighted by Crippen LogP contribution is -2.40. The van der Waals surface area contributed by atoms with Crippen LogP contribution in [-0.4, -0.2) is 29.7 Å². The standard InChI is InChI=1S/C12H11F2NO2/c13-10-5-1-4-9(11(10)14)12(17)15-6-2-3-8(16)7-15/h1,4-5H,2-3,6-7H2. The van der Waals surface area contributed by atoms with Crippen LogP contribution in [0.25, 0.3) is 0 Å². The minimum atomic E-state index is -1.16. The molecular formula is C12H11F2NO2. The van der Waals surface area contributed by atoms with Gasteiger partial charge in [-0.05, 0) is 18.6 Å². The molecule has 0 N–H and O–H groups in total. The molecule has 1 aromatic carbocycles. The molecule has 17 heavy (non-hydrogen) atoms. The molecule has 5 heteroatoms. The van der Waals surface area contributed by atoms with Gasteiger partial charge in [-0.1, -0.05) is 6.07 Å². The van der Waals surface area contributed by atoms with Crippen LogP contribution in [-0.2, 0) is 4.79 Å². The first kappa shape index (κ1) is 11.7. The fraction of sp³-hybridized carbons (Fsp3) is 0.333. The maximum Gasteiger partial charge on any atom is 0.257 e. The number of benzene rings is 1. The second-order valence-electron chi connectivity index (χ2n) is 3.97. The van der Waals surface area contributed by atoms with E-state index in [1.807, 2.05) is 0 Å². The highest BCUT2D eigenvalue weighted by molar-refractivity contribution is 5.97. The number of carbonyl (C=O) groups is 2. The van der Waals surface area contributed by atoms with Crippen LogP contribution in [0.4, 0.5) is 8.78 Å². The van der Waals surface area contributed by atoms with E-state index in [0.717, 1.165) is 6.07 Å². The van der Waals surface area contributed by atoms with Crippen LogP contribution in [0.2, 0.25) is 0 Å². The molecule has 1 heterocycles. The van der Waals surface area contributed by atoms with Crippen molar-refractivity contribution in [3.8, 4) is 0 Å². The van der Waals surface area contributed by atoms with Crippen LogP contribution >= 0.6 is 0 Å². The van der Waals surface area contributed by atoms with Crippen LogP contribution < -0.4 is 0 Å². The summed E-state index contributed by atoms with van der Waals surface area (Å²) in [4.78, 5) is 24.3. The number of hydrogen-bond donors (Lipinski definition) is 0. The first-order valence-electron chi connectivity index (χ1n) is 5.34. The Morgan fingerprint density at radius 3 is 2.76 bits per heavy atom. The zero-order chi connectivity index (χ0) is 12.4. The number of halogens is 2. The van der Waals surface area contributed by atoms with Gasteiger partial charge in [-0.15, -0.1) is 0 Å². The van der Waals surface area contributed by atoms with E-state index >= 15 is 0 Å². The van der Waals surface area contributed by atoms with E-state index < -0.39 is 17.5 Å². The normalized spacial score (nSPS) is 16.1. The number of likely N-dealkylation sites (tertiary alicyclic amines) is 1. The van der Waals surface area contributed by atoms with Crippen molar-refractivity contribution in [2.75, 3.05) is 13.1 Å². The fourth-order valence-corrected chi connectivity index (χ4v) is 1.85. The zero-order valence-corrected chi connectivity index (χ0v) is 9.08. The summed E-state index contributed by atoms with van der Waals surface area (Å²) in [5.41, 5.74) is -0.320. The molecule has 0 radical (unpaired) electrons. The number of hydrogen-bond acceptors (Lipinski definition) is 2. The van der Waals surface area contributed by atoms with E-state index in [4.69, 9.17) is 0 Å². The number of carbonyl (C=O) groups excluding carboxylic acids is 2. The minimum absolute atomic E-state index is 0.0191. The molecule has 0 aliphatic carbocycles. The molecule has 0 unspecified atom stereocenters. The lowest BCUT2D eigenvalue weighted by atomic mass is 10.1. The van der Waals surface area contributed by atoms with Gasteiger partial charge in [0.15, 0.2) is 17.4 Å². The lowest BCUT2D eigenvalue weighted by molar-refractivity contribution is -0.121. The highest BCUT2D eigenvalue weighted by atomic mass is 19.2. The smallest absolute Gasteiger partial charge is 0.257 e. The second-order valence-corrected chi connectivity index (χ2v) is 3.97. The number of ketones is 1. The quantitative estimate of drug-likeness (QED) is 0.749. The van der Waals surface area contributed by atoms with Crippen molar-refractivity contribution in [2.24, 2.45) is 0 Å². The van der Waals surface area contributed by atoms with E-state index in [2.05, 4.69) is 0 Å². The van der Waals surface area contributed by atoms with E-state index in [1.165, 1.54) is 17.0 Å². The van der Waals surface area contributed by atoms with Crippen LogP contribution in [0.5, 0.6) is 0 Å². The Kier molecular flexibility index (Phi) is 3.17. The predicted octanol–water partition coefficient (Wildman–Crippen LogP) is 1.77. The van der Waals surface area contributed by atoms with Crippen molar-refractivity contribution in [2.45, 2.75) is 12.8 Å². The zero-order valence-electron chi connectivity index (χ0n) is 9.08. The van der Waals surface area contributed by atoms with E-state index in [-0.39, 0.29) is 17.9 Å². The van der Waals surface area contributed by atoms with Gasteiger partial charge in [0.25, 0.3) is 5.91 Å². The van der Waals surface area contributed by atoms with Crippen molar-refractivity contribution in [1.82, 2.24) is 4.90 Å². The third kappa shape index (κ3) is 2.33. The molecule has 1 aliphatic rings. The summed E-state index contributed by atoms with van der Waals surface area (Å²) in [7, 11) is 0. The van der Waals surface area contributed by atoms with Gasteiger partial charge in [-0.25, -0.2) is 8.78 Å². The molecule has 1 amide bonds. The van der Waals surface area contributed by atoms with E-state index in [9.17, 15) is 18.4 Å². The summed E-state index contributed by atoms with van der Waals surface area (Å²) in [5.74, 6) is -2.90. The summed E-state index contributed by atoms with van der Waals surface area (Å²) in [5, 5.41) is 0. The molecule has 3 nitrogen and oxygen atoms in total. The highest BCUT2D eigenvalue weighted by Crippen LogP contribution is 2.16. The highest BCUT2D eigenvalue weighted by Gasteiger charge is 2.25. The summed E-state index contributed by atoms with van der Waals surface area (Å²) < 4.78 is 26.4. The molecule has 1 aromatic rings. The van der Waals surface area contributed by atoms with Crippen molar-refractivity contribution >= 4 is 11.7 Å². The Labute approximate surface area is 97.0 Å². The van der Waals surface area contributed by atoms with Crippen molar-refractivity contribution in [3.63, 3.8) is 0 Å². The average molecular weight is 239 g/mol. The Morgan fingerprint density at radius 2 is 2.06 bits per heavy atom. The van der Waals surface area contributed by atoms with Gasteiger partial charge in [0, 0.05) is 13.0 Å². The fourth-order valence-electron chi connectivity index (χ4n) is 1.85. The number of amides is 1. The van der Waals surface area contributed by atoms with Gasteiger partial charge in [-0.2, -0.15) is 0 Å². The number of rotatable bonds is 1. The lowest BCUT2D eigenvalue weighted by Gasteiger charge is -2.25. The molecule has 1 fully saturated rings. The SMILES string of the molecule is O=C1CCCN(C(=O)c2cccc(F)c2F)C1. The van der Waals surface area contributed by atoms with Crippen molar-refractivity contribution in [3.05, 3.63) is 35.4 Å². The predicted molar refractivity (Wildman–Crippen MR) is 56.5 cm³/mol. The van der Waals surface area contributed by atoms with Gasteiger partial charge in [0.2, 0.25) is 0 Å². The summed E-state index contributed by atoms with van der Waals surface area (Å²) in [6.45, 7) is 0.384. The number of nitrogens with zero attached hydrogens (tertiary/aromatic N) is 1. The van der Waals surface area contributed by atoms with Crippen molar-refractivity contribution < 1.29 is 18.4 Å². The van der Waals surface area contributed by atoms with Gasteiger partial charge >= 0.3 is 0 Å². The topological polar surface area (TPSA) is 37.4 Å². The van der Waals surface area contributed by atoms with E-state index in [0.29, 0.717) is 19.4 Å². The van der Waals surface area contributed by atoms with Crippen LogP contribution in [0.3, 0.4) is 0 Å². The molecule has 90 valence electrons. The number of piperidine rings is 1. The molecule has 0 bridgehead atoms. The maximum atomic E-state index is 13.4. The minimum Gasteiger partial charge on any atom is -0.331 e. The number of Topliss-reactive ketones (excluding diaryl/α,β-unsaturated/α-hetero) is 1. The van der Waals surface area contributed by atoms with Crippen LogP contribution in [0.15, 0.2) is 18.2 Å². The molecule has 0 saturated carbocycles. The third-order valence-corrected chi connectivity index (χ3v) is 2.72. The Morgan fingerprint density at radius 1 is 1.29 bits per heavy atom. The molecular weight excluding hydrogens is 228 g/mol.